The van der Waals surface area contributed by atoms with Gasteiger partial charge in [0.2, 0.25) is 0 Å². The van der Waals surface area contributed by atoms with Crippen molar-refractivity contribution in [3.8, 4) is 0 Å². The molecular weight excluding hydrogens is 88.1 g/mol. The van der Waals surface area contributed by atoms with Gasteiger partial charge < -0.3 is 0 Å². The molecule has 0 saturated heterocycles. The fourth-order valence-electron chi connectivity index (χ4n) is 0.787. The number of nitrogens with zero attached hydrogens (tertiary/aromatic N) is 1. The molecule has 1 aliphatic heterocycles. The Morgan fingerprint density at radius 1 is 1.43 bits per heavy atom. The highest BCUT2D eigenvalue weighted by atomic mass is 15.3. The number of hydrogen-bond acceptors (Lipinski definition) is 1. The summed E-state index contributed by atoms with van der Waals surface area (Å²) in [6.07, 6.45) is 5.78. The molecule has 1 heterocycles. The van der Waals surface area contributed by atoms with E-state index < -0.39 is 0 Å². The van der Waals surface area contributed by atoms with E-state index in [4.69, 9.17) is 5.84 Å². The molecule has 0 radical (unpaired) electrons. The van der Waals surface area contributed by atoms with Crippen molar-refractivity contribution in [3.05, 3.63) is 0 Å². The molecule has 0 aromatic heterocycles. The van der Waals surface area contributed by atoms with Crippen LogP contribution < -0.4 is 5.84 Å². The lowest BCUT2D eigenvalue weighted by Crippen LogP contribution is -2.24. The molecule has 2 heteroatoms. The van der Waals surface area contributed by atoms with Crippen molar-refractivity contribution in [1.29, 1.82) is 0 Å². The first-order valence-electron chi connectivity index (χ1n) is 2.74. The first kappa shape index (κ1) is 4.62. The van der Waals surface area contributed by atoms with Crippen LogP contribution in [0, 0.1) is 0 Å². The predicted octanol–water partition coefficient (Wildman–Crippen LogP) is 0.127. The maximum absolute atomic E-state index is 5.41. The van der Waals surface area contributed by atoms with Crippen LogP contribution in [0.4, 0.5) is 0 Å². The van der Waals surface area contributed by atoms with Gasteiger partial charge in [-0.15, -0.1) is 4.68 Å². The van der Waals surface area contributed by atoms with Gasteiger partial charge in [-0.3, -0.25) is 0 Å². The average molecular weight is 99.2 g/mol. The first-order valence-corrected chi connectivity index (χ1v) is 2.74. The zero-order valence-electron chi connectivity index (χ0n) is 4.43. The quantitative estimate of drug-likeness (QED) is 0.339. The van der Waals surface area contributed by atoms with Crippen LogP contribution >= 0.6 is 0 Å². The Labute approximate surface area is 43.6 Å². The van der Waals surface area contributed by atoms with E-state index in [1.807, 2.05) is 6.21 Å². The van der Waals surface area contributed by atoms with Crippen molar-refractivity contribution in [3.63, 3.8) is 0 Å². The summed E-state index contributed by atoms with van der Waals surface area (Å²) >= 11 is 0. The van der Waals surface area contributed by atoms with Crippen LogP contribution in [0.1, 0.15) is 19.3 Å². The standard InChI is InChI=1S/C5H11N2/c6-7-4-2-1-3-5-7/h4H,1-3,5-6H2/q+1. The summed E-state index contributed by atoms with van der Waals surface area (Å²) in [5.74, 6) is 5.41. The minimum Gasteiger partial charge on any atom is -0.211 e. The molecule has 0 spiro atoms. The van der Waals surface area contributed by atoms with Gasteiger partial charge in [-0.25, -0.2) is 5.84 Å². The third kappa shape index (κ3) is 1.18. The number of hydrogen-bond donors (Lipinski definition) is 1. The molecule has 0 aliphatic carbocycles. The molecule has 0 bridgehead atoms. The molecule has 7 heavy (non-hydrogen) atoms. The zero-order chi connectivity index (χ0) is 5.11. The Hall–Kier alpha value is -0.530. The second kappa shape index (κ2) is 1.96. The van der Waals surface area contributed by atoms with Gasteiger partial charge in [0.1, 0.15) is 0 Å². The molecule has 2 nitrogen and oxygen atoms in total. The van der Waals surface area contributed by atoms with Gasteiger partial charge in [0, 0.05) is 12.8 Å². The summed E-state index contributed by atoms with van der Waals surface area (Å²) in [4.78, 5) is 0. The molecule has 0 aromatic rings. The van der Waals surface area contributed by atoms with Crippen LogP contribution in [0.3, 0.4) is 0 Å². The topological polar surface area (TPSA) is 29.0 Å². The fraction of sp³-hybridized carbons (Fsp3) is 0.800. The van der Waals surface area contributed by atoms with Crippen LogP contribution in [-0.4, -0.2) is 17.4 Å². The Morgan fingerprint density at radius 3 is 2.57 bits per heavy atom. The van der Waals surface area contributed by atoms with Crippen LogP contribution in [0.15, 0.2) is 0 Å². The molecule has 0 atom stereocenters. The monoisotopic (exact) mass is 99.1 g/mol. The van der Waals surface area contributed by atoms with Gasteiger partial charge in [-0.2, -0.15) is 0 Å². The second-order valence-electron chi connectivity index (χ2n) is 1.92. The van der Waals surface area contributed by atoms with Crippen molar-refractivity contribution in [2.24, 2.45) is 5.84 Å². The van der Waals surface area contributed by atoms with Crippen molar-refractivity contribution in [1.82, 2.24) is 0 Å². The molecular formula is C5H11N2+. The first-order chi connectivity index (χ1) is 3.39. The lowest BCUT2D eigenvalue weighted by atomic mass is 10.2. The summed E-state index contributed by atoms with van der Waals surface area (Å²) in [6.45, 7) is 1.04. The van der Waals surface area contributed by atoms with Crippen LogP contribution in [0.2, 0.25) is 0 Å². The molecule has 0 saturated carbocycles. The van der Waals surface area contributed by atoms with E-state index in [1.165, 1.54) is 12.8 Å². The summed E-state index contributed by atoms with van der Waals surface area (Å²) in [5, 5.41) is 0. The third-order valence-electron chi connectivity index (χ3n) is 1.23. The van der Waals surface area contributed by atoms with Gasteiger partial charge in [0.15, 0.2) is 12.8 Å². The van der Waals surface area contributed by atoms with E-state index in [9.17, 15) is 0 Å². The van der Waals surface area contributed by atoms with E-state index in [2.05, 4.69) is 0 Å². The summed E-state index contributed by atoms with van der Waals surface area (Å²) < 4.78 is 1.77. The average Bonchev–Trinajstić information content (AvgIpc) is 1.69. The minimum absolute atomic E-state index is 1.04. The van der Waals surface area contributed by atoms with Crippen molar-refractivity contribution >= 4 is 6.21 Å². The van der Waals surface area contributed by atoms with E-state index in [1.54, 1.807) is 4.68 Å². The van der Waals surface area contributed by atoms with E-state index in [0.717, 1.165) is 13.0 Å². The zero-order valence-corrected chi connectivity index (χ0v) is 4.43. The van der Waals surface area contributed by atoms with Crippen LogP contribution in [0.5, 0.6) is 0 Å². The Balaban J connectivity index is 2.40. The molecule has 2 N–H and O–H groups in total. The lowest BCUT2D eigenvalue weighted by molar-refractivity contribution is -0.540. The fourth-order valence-corrected chi connectivity index (χ4v) is 0.787. The van der Waals surface area contributed by atoms with Gasteiger partial charge in [-0.05, 0) is 6.42 Å². The smallest absolute Gasteiger partial charge is 0.170 e. The molecule has 40 valence electrons. The maximum Gasteiger partial charge on any atom is 0.170 e. The highest BCUT2D eigenvalue weighted by Gasteiger charge is 2.02. The van der Waals surface area contributed by atoms with Gasteiger partial charge >= 0.3 is 0 Å². The summed E-state index contributed by atoms with van der Waals surface area (Å²) in [5.41, 5.74) is 0. The third-order valence-corrected chi connectivity index (χ3v) is 1.23. The van der Waals surface area contributed by atoms with E-state index in [-0.39, 0.29) is 0 Å². The number of nitrogens with two attached hydrogens (primary N) is 1. The minimum atomic E-state index is 1.04. The molecule has 1 rings (SSSR count). The molecule has 1 aliphatic rings. The maximum atomic E-state index is 5.41. The largest absolute Gasteiger partial charge is 0.211 e. The summed E-state index contributed by atoms with van der Waals surface area (Å²) in [6, 6.07) is 0. The van der Waals surface area contributed by atoms with Gasteiger partial charge in [0.05, 0.1) is 0 Å². The molecule has 0 fully saturated rings. The summed E-state index contributed by atoms with van der Waals surface area (Å²) in [7, 11) is 0. The van der Waals surface area contributed by atoms with E-state index >= 15 is 0 Å². The van der Waals surface area contributed by atoms with Gasteiger partial charge in [0.25, 0.3) is 0 Å². The van der Waals surface area contributed by atoms with Crippen LogP contribution in [-0.2, 0) is 0 Å². The molecule has 0 aromatic carbocycles. The van der Waals surface area contributed by atoms with Crippen LogP contribution in [0.25, 0.3) is 0 Å². The number of hydrazone groups is 1. The second-order valence-corrected chi connectivity index (χ2v) is 1.92. The van der Waals surface area contributed by atoms with Crippen molar-refractivity contribution in [2.45, 2.75) is 19.3 Å². The van der Waals surface area contributed by atoms with E-state index in [0.29, 0.717) is 0 Å². The lowest BCUT2D eigenvalue weighted by Gasteiger charge is -1.99. The number of hydrazine groups is 1. The van der Waals surface area contributed by atoms with Crippen molar-refractivity contribution < 1.29 is 4.68 Å². The molecule has 0 amide bonds. The Bertz CT molecular complexity index is 86.1. The van der Waals surface area contributed by atoms with Gasteiger partial charge in [-0.1, -0.05) is 0 Å². The highest BCUT2D eigenvalue weighted by molar-refractivity contribution is 5.51. The Kier molecular flexibility index (Phi) is 1.29. The Morgan fingerprint density at radius 2 is 2.29 bits per heavy atom. The molecule has 0 unspecified atom stereocenters. The SMILES string of the molecule is N[N+]1=CCCCC1. The normalized spacial score (nSPS) is 21.4. The number of rotatable bonds is 0. The van der Waals surface area contributed by atoms with Crippen molar-refractivity contribution in [2.75, 3.05) is 6.54 Å². The highest BCUT2D eigenvalue weighted by Crippen LogP contribution is 1.95. The predicted molar refractivity (Wildman–Crippen MR) is 29.2 cm³/mol.